The summed E-state index contributed by atoms with van der Waals surface area (Å²) < 4.78 is 35.8. The molecule has 0 spiro atoms. The third kappa shape index (κ3) is 11.0. The molecule has 6 aliphatic carbocycles. The highest BCUT2D eigenvalue weighted by atomic mass is 19.1. The number of fused-ring (bicyclic) bond motifs is 4. The molecule has 16 heteroatoms. The van der Waals surface area contributed by atoms with Gasteiger partial charge in [0.1, 0.15) is 50.3 Å². The SMILES string of the molecule is CC1Cc2ccc(cc2-c2ccc3nc(C4CC5CCCCC5N4C(=O)C(NC(=O)OCCF)C(C)C)[nH]c3c2)CCc2ccc1cc2-c1ccc2nc(C3CC4CCCCC4N3C(=O)C(NC(=O)OCCF)C(C)C)[nH]c2c1. The highest BCUT2D eigenvalue weighted by Gasteiger charge is 2.50. The number of alkyl carbamates (subject to hydrolysis) is 2. The maximum absolute atomic E-state index is 14.6. The van der Waals surface area contributed by atoms with Gasteiger partial charge in [-0.25, -0.2) is 28.3 Å². The van der Waals surface area contributed by atoms with Crippen LogP contribution in [0.5, 0.6) is 0 Å². The van der Waals surface area contributed by atoms with Crippen LogP contribution in [0.4, 0.5) is 18.4 Å². The van der Waals surface area contributed by atoms with Crippen LogP contribution in [-0.2, 0) is 38.3 Å². The predicted molar refractivity (Wildman–Crippen MR) is 301 cm³/mol. The summed E-state index contributed by atoms with van der Waals surface area (Å²) in [4.78, 5) is 76.2. The van der Waals surface area contributed by atoms with Crippen molar-refractivity contribution in [2.24, 2.45) is 23.7 Å². The summed E-state index contributed by atoms with van der Waals surface area (Å²) in [6, 6.07) is 24.7. The van der Waals surface area contributed by atoms with Crippen molar-refractivity contribution < 1.29 is 37.4 Å². The van der Waals surface area contributed by atoms with E-state index in [1.54, 1.807) is 0 Å². The fourth-order valence-corrected chi connectivity index (χ4v) is 14.0. The number of likely N-dealkylation sites (tertiary alicyclic amines) is 2. The summed E-state index contributed by atoms with van der Waals surface area (Å²) in [6.45, 7) is 7.61. The van der Waals surface area contributed by atoms with Gasteiger partial charge in [-0.1, -0.05) is 109 Å². The van der Waals surface area contributed by atoms with Gasteiger partial charge in [0.2, 0.25) is 11.8 Å². The van der Waals surface area contributed by atoms with E-state index in [0.29, 0.717) is 11.8 Å². The predicted octanol–water partition coefficient (Wildman–Crippen LogP) is 12.3. The molecule has 418 valence electrons. The number of alkyl halides is 2. The minimum Gasteiger partial charge on any atom is -0.447 e. The van der Waals surface area contributed by atoms with Gasteiger partial charge in [-0.05, 0) is 156 Å². The number of carbonyl (C=O) groups excluding carboxylic acids is 4. The lowest BCUT2D eigenvalue weighted by atomic mass is 9.84. The Hall–Kier alpha value is -6.84. The van der Waals surface area contributed by atoms with E-state index in [2.05, 4.69) is 100 Å². The fourth-order valence-electron chi connectivity index (χ4n) is 14.0. The van der Waals surface area contributed by atoms with Crippen molar-refractivity contribution in [3.8, 4) is 22.3 Å². The number of ether oxygens (including phenoxy) is 2. The highest BCUT2D eigenvalue weighted by Crippen LogP contribution is 2.49. The summed E-state index contributed by atoms with van der Waals surface area (Å²) in [5.74, 6) is 1.62. The highest BCUT2D eigenvalue weighted by molar-refractivity contribution is 5.89. The number of aromatic amines is 2. The molecule has 4 amide bonds. The lowest BCUT2D eigenvalue weighted by Gasteiger charge is -2.36. The number of imidazole rings is 2. The van der Waals surface area contributed by atoms with E-state index in [4.69, 9.17) is 19.4 Å². The van der Waals surface area contributed by atoms with Gasteiger partial charge in [0.05, 0.1) is 34.2 Å². The van der Waals surface area contributed by atoms with Gasteiger partial charge >= 0.3 is 12.2 Å². The first-order valence-corrected chi connectivity index (χ1v) is 29.1. The molecule has 79 heavy (non-hydrogen) atoms. The van der Waals surface area contributed by atoms with Crippen molar-refractivity contribution in [3.05, 3.63) is 107 Å². The Morgan fingerprint density at radius 1 is 0.620 bits per heavy atom. The zero-order valence-corrected chi connectivity index (χ0v) is 46.3. The molecule has 14 rings (SSSR count). The molecule has 4 bridgehead atoms. The molecule has 2 saturated heterocycles. The third-order valence-electron chi connectivity index (χ3n) is 18.1. The smallest absolute Gasteiger partial charge is 0.407 e. The van der Waals surface area contributed by atoms with Crippen molar-refractivity contribution in [1.29, 1.82) is 0 Å². The first kappa shape index (κ1) is 54.1. The van der Waals surface area contributed by atoms with Crippen molar-refractivity contribution in [1.82, 2.24) is 40.4 Å². The zero-order valence-electron chi connectivity index (χ0n) is 46.3. The molecule has 6 aromatic rings. The number of hydrogen-bond donors (Lipinski definition) is 4. The van der Waals surface area contributed by atoms with E-state index in [1.165, 1.54) is 33.4 Å². The molecule has 2 saturated carbocycles. The van der Waals surface area contributed by atoms with Gasteiger partial charge in [-0.3, -0.25) is 9.59 Å². The number of aryl methyl sites for hydroxylation is 2. The summed E-state index contributed by atoms with van der Waals surface area (Å²) in [6.07, 6.45) is 10.7. The standard InChI is InChI=1S/C63H76F2N8O6/c1-35(2)56(70-62(76)78-26-24-64)60(74)72-52-12-8-6-10-44(52)33-54(72)58-66-48-22-20-42(31-50(48)68-58)46-29-38-14-16-39-18-19-40(37(5)28-41(46)17-15-38)30-47(39)43-21-23-49-51(32-43)69-59(67-49)55-34-45-11-7-9-13-53(45)73(55)61(75)57(36(3)4)71-63(77)79-27-25-65/h15,17-23,29-32,35-37,44-45,52-57H,6-14,16,24-28,33-34H2,1-5H3,(H,66,68)(H,67,69)(H,70,76)(H,71,77). The number of nitrogens with one attached hydrogen (secondary N) is 4. The molecule has 0 radical (unpaired) electrons. The quantitative estimate of drug-likeness (QED) is 0.0834. The van der Waals surface area contributed by atoms with E-state index < -0.39 is 37.6 Å². The van der Waals surface area contributed by atoms with Crippen molar-refractivity contribution >= 4 is 46.1 Å². The van der Waals surface area contributed by atoms with E-state index in [9.17, 15) is 28.0 Å². The first-order valence-electron chi connectivity index (χ1n) is 29.1. The molecule has 2 aliphatic heterocycles. The van der Waals surface area contributed by atoms with Crippen LogP contribution in [0.25, 0.3) is 44.3 Å². The Morgan fingerprint density at radius 2 is 1.11 bits per heavy atom. The second kappa shape index (κ2) is 23.1. The van der Waals surface area contributed by atoms with Crippen LogP contribution in [0.1, 0.15) is 151 Å². The zero-order chi connectivity index (χ0) is 55.1. The number of benzene rings is 4. The minimum atomic E-state index is -0.824. The average Bonchev–Trinajstić information content (AvgIpc) is 4.44. The van der Waals surface area contributed by atoms with Crippen molar-refractivity contribution in [2.75, 3.05) is 26.6 Å². The van der Waals surface area contributed by atoms with Crippen LogP contribution in [0.2, 0.25) is 0 Å². The molecule has 9 atom stereocenters. The Balaban J connectivity index is 0.848. The van der Waals surface area contributed by atoms with Crippen LogP contribution in [0.3, 0.4) is 0 Å². The maximum atomic E-state index is 14.6. The third-order valence-corrected chi connectivity index (χ3v) is 18.1. The molecule has 2 aromatic heterocycles. The second-order valence-corrected chi connectivity index (χ2v) is 23.8. The van der Waals surface area contributed by atoms with Gasteiger partial charge in [-0.2, -0.15) is 0 Å². The van der Waals surface area contributed by atoms with Crippen LogP contribution in [-0.4, -0.2) is 104 Å². The second-order valence-electron chi connectivity index (χ2n) is 23.8. The molecule has 9 unspecified atom stereocenters. The summed E-state index contributed by atoms with van der Waals surface area (Å²) >= 11 is 0. The van der Waals surface area contributed by atoms with Crippen LogP contribution in [0, 0.1) is 23.7 Å². The minimum absolute atomic E-state index is 0.0444. The normalized spacial score (nSPS) is 23.6. The number of hydrogen-bond acceptors (Lipinski definition) is 8. The number of rotatable bonds is 14. The molecule has 4 N–H and O–H groups in total. The Bertz CT molecular complexity index is 3230. The van der Waals surface area contributed by atoms with E-state index >= 15 is 0 Å². The summed E-state index contributed by atoms with van der Waals surface area (Å²) in [7, 11) is 0. The van der Waals surface area contributed by atoms with Crippen LogP contribution in [0.15, 0.2) is 72.8 Å². The molecule has 4 aromatic carbocycles. The lowest BCUT2D eigenvalue weighted by Crippen LogP contribution is -2.54. The number of amides is 4. The number of H-pyrrole nitrogens is 2. The fraction of sp³-hybridized carbons (Fsp3) is 0.524. The molecule has 14 nitrogen and oxygen atoms in total. The Labute approximate surface area is 461 Å². The topological polar surface area (TPSA) is 175 Å². The number of nitrogens with zero attached hydrogens (tertiary/aromatic N) is 4. The van der Waals surface area contributed by atoms with Crippen LogP contribution >= 0.6 is 0 Å². The summed E-state index contributed by atoms with van der Waals surface area (Å²) in [5, 5.41) is 5.52. The number of aromatic nitrogens is 4. The molecular formula is C63H76F2N8O6. The van der Waals surface area contributed by atoms with Crippen molar-refractivity contribution in [3.63, 3.8) is 0 Å². The Morgan fingerprint density at radius 3 is 1.62 bits per heavy atom. The van der Waals surface area contributed by atoms with Gasteiger partial charge in [0.15, 0.2) is 0 Å². The summed E-state index contributed by atoms with van der Waals surface area (Å²) in [5.41, 5.74) is 13.1. The van der Waals surface area contributed by atoms with E-state index in [0.717, 1.165) is 128 Å². The van der Waals surface area contributed by atoms with Crippen molar-refractivity contribution in [2.45, 2.75) is 160 Å². The van der Waals surface area contributed by atoms with Gasteiger partial charge in [-0.15, -0.1) is 0 Å². The van der Waals surface area contributed by atoms with E-state index in [1.807, 2.05) is 37.5 Å². The van der Waals surface area contributed by atoms with Gasteiger partial charge in [0.25, 0.3) is 0 Å². The van der Waals surface area contributed by atoms with E-state index in [-0.39, 0.29) is 66.9 Å². The molecule has 4 fully saturated rings. The monoisotopic (exact) mass is 1080 g/mol. The average molecular weight is 1080 g/mol. The largest absolute Gasteiger partial charge is 0.447 e. The van der Waals surface area contributed by atoms with Crippen LogP contribution < -0.4 is 10.6 Å². The number of carbonyl (C=O) groups is 4. The molecule has 8 aliphatic rings. The maximum Gasteiger partial charge on any atom is 0.407 e. The Kier molecular flexibility index (Phi) is 15.8. The lowest BCUT2D eigenvalue weighted by molar-refractivity contribution is -0.139. The van der Waals surface area contributed by atoms with Gasteiger partial charge < -0.3 is 39.9 Å². The first-order chi connectivity index (χ1) is 38.3. The van der Waals surface area contributed by atoms with Gasteiger partial charge in [0, 0.05) is 12.1 Å². The number of halogens is 2. The molecule has 4 heterocycles. The molecular weight excluding hydrogens is 1000 g/mol.